The molecule has 1 aromatic carbocycles. The second-order valence-electron chi connectivity index (χ2n) is 5.79. The van der Waals surface area contributed by atoms with Crippen LogP contribution in [-0.2, 0) is 19.2 Å². The molecule has 0 unspecified atom stereocenters. The Morgan fingerprint density at radius 1 is 1.43 bits per heavy atom. The molecule has 2 heterocycles. The van der Waals surface area contributed by atoms with Gasteiger partial charge in [0, 0.05) is 5.75 Å². The summed E-state index contributed by atoms with van der Waals surface area (Å²) in [4.78, 5) is 41.4. The zero-order valence-electron chi connectivity index (χ0n) is 14.6. The highest BCUT2D eigenvalue weighted by atomic mass is 35.5. The Bertz CT molecular complexity index is 857. The molecule has 0 saturated carbocycles. The van der Waals surface area contributed by atoms with Crippen molar-refractivity contribution in [3.8, 4) is 5.75 Å². The zero-order chi connectivity index (χ0) is 20.3. The Morgan fingerprint density at radius 2 is 2.14 bits per heavy atom. The van der Waals surface area contributed by atoms with E-state index in [-0.39, 0.29) is 23.1 Å². The summed E-state index contributed by atoms with van der Waals surface area (Å²) in [6.07, 6.45) is 1.53. The maximum atomic E-state index is 12.3. The molecule has 3 rings (SSSR count). The SMILES string of the molecule is CO/N=C/c1ccc(OCC(=O)N[C@@H]2C(=O)N3C(C(=O)O)=C(Cl)CS[C@H]23)cc1. The first-order valence-corrected chi connectivity index (χ1v) is 9.50. The fourth-order valence-corrected chi connectivity index (χ4v) is 4.26. The van der Waals surface area contributed by atoms with Crippen LogP contribution in [0.2, 0.25) is 0 Å². The molecule has 11 heteroatoms. The molecule has 1 aromatic rings. The molecule has 0 bridgehead atoms. The molecule has 1 fully saturated rings. The van der Waals surface area contributed by atoms with Crippen LogP contribution in [0.25, 0.3) is 0 Å². The molecule has 2 aliphatic heterocycles. The Balaban J connectivity index is 1.53. The second kappa shape index (κ2) is 8.53. The first-order chi connectivity index (χ1) is 13.4. The number of ether oxygens (including phenoxy) is 1. The van der Waals surface area contributed by atoms with E-state index >= 15 is 0 Å². The molecule has 0 aliphatic carbocycles. The second-order valence-corrected chi connectivity index (χ2v) is 7.35. The summed E-state index contributed by atoms with van der Waals surface area (Å²) in [7, 11) is 1.44. The van der Waals surface area contributed by atoms with Crippen LogP contribution in [-0.4, -0.2) is 64.9 Å². The number of rotatable bonds is 7. The summed E-state index contributed by atoms with van der Waals surface area (Å²) in [6, 6.07) is 6.01. The van der Waals surface area contributed by atoms with Gasteiger partial charge in [0.1, 0.15) is 30.0 Å². The largest absolute Gasteiger partial charge is 0.484 e. The third kappa shape index (κ3) is 4.07. The Kier molecular flexibility index (Phi) is 6.10. The van der Waals surface area contributed by atoms with Crippen LogP contribution in [0, 0.1) is 0 Å². The van der Waals surface area contributed by atoms with E-state index in [1.807, 2.05) is 0 Å². The maximum absolute atomic E-state index is 12.3. The van der Waals surface area contributed by atoms with Crippen molar-refractivity contribution < 1.29 is 29.1 Å². The Morgan fingerprint density at radius 3 is 2.79 bits per heavy atom. The van der Waals surface area contributed by atoms with Crippen LogP contribution in [0.15, 0.2) is 40.2 Å². The summed E-state index contributed by atoms with van der Waals surface area (Å²) < 4.78 is 5.40. The quantitative estimate of drug-likeness (QED) is 0.380. The van der Waals surface area contributed by atoms with Gasteiger partial charge in [-0.1, -0.05) is 16.8 Å². The number of amides is 2. The zero-order valence-corrected chi connectivity index (χ0v) is 16.2. The van der Waals surface area contributed by atoms with Crippen molar-refractivity contribution in [2.75, 3.05) is 19.5 Å². The van der Waals surface area contributed by atoms with Crippen LogP contribution in [0.5, 0.6) is 5.75 Å². The fourth-order valence-electron chi connectivity index (χ4n) is 2.71. The van der Waals surface area contributed by atoms with E-state index in [1.165, 1.54) is 25.1 Å². The Hall–Kier alpha value is -2.72. The highest BCUT2D eigenvalue weighted by Crippen LogP contribution is 2.41. The van der Waals surface area contributed by atoms with E-state index < -0.39 is 29.2 Å². The average molecular weight is 426 g/mol. The predicted octanol–water partition coefficient (Wildman–Crippen LogP) is 0.981. The van der Waals surface area contributed by atoms with Crippen molar-refractivity contribution in [3.63, 3.8) is 0 Å². The molecule has 0 aromatic heterocycles. The molecule has 2 aliphatic rings. The highest BCUT2D eigenvalue weighted by molar-refractivity contribution is 8.00. The van der Waals surface area contributed by atoms with Crippen LogP contribution in [0.3, 0.4) is 0 Å². The third-order valence-electron chi connectivity index (χ3n) is 4.00. The number of benzene rings is 1. The van der Waals surface area contributed by atoms with Crippen molar-refractivity contribution >= 4 is 47.4 Å². The molecule has 2 N–H and O–H groups in total. The number of nitrogens with zero attached hydrogens (tertiary/aromatic N) is 2. The van der Waals surface area contributed by atoms with Gasteiger partial charge in [0.05, 0.1) is 11.2 Å². The smallest absolute Gasteiger partial charge is 0.353 e. The van der Waals surface area contributed by atoms with Gasteiger partial charge in [-0.15, -0.1) is 11.8 Å². The maximum Gasteiger partial charge on any atom is 0.353 e. The first-order valence-electron chi connectivity index (χ1n) is 8.07. The van der Waals surface area contributed by atoms with Gasteiger partial charge in [0.15, 0.2) is 6.61 Å². The van der Waals surface area contributed by atoms with Gasteiger partial charge in [-0.05, 0) is 29.8 Å². The first kappa shape index (κ1) is 20.0. The van der Waals surface area contributed by atoms with Crippen LogP contribution in [0.1, 0.15) is 5.56 Å². The minimum Gasteiger partial charge on any atom is -0.484 e. The van der Waals surface area contributed by atoms with Crippen molar-refractivity contribution in [3.05, 3.63) is 40.6 Å². The summed E-state index contributed by atoms with van der Waals surface area (Å²) in [5.41, 5.74) is 0.573. The van der Waals surface area contributed by atoms with E-state index in [9.17, 15) is 19.5 Å². The van der Waals surface area contributed by atoms with Gasteiger partial charge < -0.3 is 20.0 Å². The number of carboxylic acids is 1. The average Bonchev–Trinajstić information content (AvgIpc) is 2.69. The molecular formula is C17H16ClN3O6S. The number of carboxylic acid groups (broad SMARTS) is 1. The number of hydrogen-bond donors (Lipinski definition) is 2. The van der Waals surface area contributed by atoms with E-state index in [0.29, 0.717) is 5.75 Å². The lowest BCUT2D eigenvalue weighted by Crippen LogP contribution is -2.70. The van der Waals surface area contributed by atoms with Gasteiger partial charge in [0.2, 0.25) is 0 Å². The van der Waals surface area contributed by atoms with Crippen LogP contribution >= 0.6 is 23.4 Å². The normalized spacial score (nSPS) is 21.2. The Labute approximate surface area is 169 Å². The van der Waals surface area contributed by atoms with Crippen molar-refractivity contribution in [2.24, 2.45) is 5.16 Å². The fraction of sp³-hybridized carbons (Fsp3) is 0.294. The molecule has 1 saturated heterocycles. The lowest BCUT2D eigenvalue weighted by atomic mass is 10.1. The molecule has 148 valence electrons. The van der Waals surface area contributed by atoms with Gasteiger partial charge >= 0.3 is 5.97 Å². The van der Waals surface area contributed by atoms with E-state index in [1.54, 1.807) is 24.3 Å². The minimum absolute atomic E-state index is 0.106. The number of thioether (sulfide) groups is 1. The number of hydrogen-bond acceptors (Lipinski definition) is 7. The molecule has 0 spiro atoms. The van der Waals surface area contributed by atoms with Gasteiger partial charge in [-0.25, -0.2) is 4.79 Å². The van der Waals surface area contributed by atoms with E-state index in [2.05, 4.69) is 15.3 Å². The topological polar surface area (TPSA) is 118 Å². The molecule has 0 radical (unpaired) electrons. The van der Waals surface area contributed by atoms with Gasteiger partial charge in [-0.2, -0.15) is 0 Å². The molecule has 2 atom stereocenters. The lowest BCUT2D eigenvalue weighted by Gasteiger charge is -2.48. The number of carbonyl (C=O) groups is 3. The van der Waals surface area contributed by atoms with Crippen molar-refractivity contribution in [1.29, 1.82) is 0 Å². The van der Waals surface area contributed by atoms with Gasteiger partial charge in [-0.3, -0.25) is 14.5 Å². The summed E-state index contributed by atoms with van der Waals surface area (Å²) in [5, 5.41) is 15.1. The van der Waals surface area contributed by atoms with E-state index in [4.69, 9.17) is 16.3 Å². The number of carbonyl (C=O) groups excluding carboxylic acids is 2. The highest BCUT2D eigenvalue weighted by Gasteiger charge is 2.54. The lowest BCUT2D eigenvalue weighted by molar-refractivity contribution is -0.150. The number of oxime groups is 1. The molecule has 28 heavy (non-hydrogen) atoms. The summed E-state index contributed by atoms with van der Waals surface area (Å²) in [5.74, 6) is -1.53. The van der Waals surface area contributed by atoms with Gasteiger partial charge in [0.25, 0.3) is 11.8 Å². The minimum atomic E-state index is -1.27. The molecule has 9 nitrogen and oxygen atoms in total. The van der Waals surface area contributed by atoms with Crippen LogP contribution < -0.4 is 10.1 Å². The van der Waals surface area contributed by atoms with Crippen molar-refractivity contribution in [1.82, 2.24) is 10.2 Å². The van der Waals surface area contributed by atoms with Crippen LogP contribution in [0.4, 0.5) is 0 Å². The number of aliphatic carboxylic acids is 1. The van der Waals surface area contributed by atoms with E-state index in [0.717, 1.165) is 10.5 Å². The monoisotopic (exact) mass is 425 g/mol. The number of β-lactam (4-membered cyclic amide) rings is 1. The molecule has 2 amide bonds. The summed E-state index contributed by atoms with van der Waals surface area (Å²) in [6.45, 7) is -0.283. The number of nitrogens with one attached hydrogen (secondary N) is 1. The predicted molar refractivity (Wildman–Crippen MR) is 102 cm³/mol. The van der Waals surface area contributed by atoms with Crippen molar-refractivity contribution in [2.45, 2.75) is 11.4 Å². The number of fused-ring (bicyclic) bond motifs is 1. The number of halogens is 1. The standard InChI is InChI=1S/C17H16ClN3O6S/c1-26-19-6-9-2-4-10(5-3-9)27-7-12(22)20-13-15(23)21-14(17(24)25)11(18)8-28-16(13)21/h2-6,13,16H,7-8H2,1H3,(H,20,22)(H,24,25)/b19-6+/t13-,16-/m1/s1. The summed E-state index contributed by atoms with van der Waals surface area (Å²) >= 11 is 7.20. The third-order valence-corrected chi connectivity index (χ3v) is 5.75. The molecular weight excluding hydrogens is 410 g/mol.